The van der Waals surface area contributed by atoms with Gasteiger partial charge >= 0.3 is 0 Å². The number of likely N-dealkylation sites (tertiary alicyclic amines) is 1. The largest absolute Gasteiger partial charge is 0.379 e. The van der Waals surface area contributed by atoms with Gasteiger partial charge in [-0.2, -0.15) is 0 Å². The van der Waals surface area contributed by atoms with Crippen LogP contribution < -0.4 is 11.1 Å². The summed E-state index contributed by atoms with van der Waals surface area (Å²) in [5, 5.41) is 2.94. The quantitative estimate of drug-likeness (QED) is 0.634. The number of hydrogen-bond donors (Lipinski definition) is 2. The molecule has 1 amide bonds. The molecule has 1 fully saturated rings. The Balaban J connectivity index is 2.02. The summed E-state index contributed by atoms with van der Waals surface area (Å²) in [6.45, 7) is 8.72. The molecule has 3 N–H and O–H groups in total. The molecule has 0 unspecified atom stereocenters. The SMILES string of the molecule is CC(C)OCCCNC(=O)CN1CCC(CN)CC1. The summed E-state index contributed by atoms with van der Waals surface area (Å²) in [6, 6.07) is 0. The molecule has 19 heavy (non-hydrogen) atoms. The number of nitrogens with two attached hydrogens (primary N) is 1. The topological polar surface area (TPSA) is 67.6 Å². The van der Waals surface area contributed by atoms with Crippen LogP contribution in [0.5, 0.6) is 0 Å². The molecule has 1 aliphatic rings. The highest BCUT2D eigenvalue weighted by atomic mass is 16.5. The van der Waals surface area contributed by atoms with E-state index in [4.69, 9.17) is 10.5 Å². The first kappa shape index (κ1) is 16.4. The van der Waals surface area contributed by atoms with E-state index < -0.39 is 0 Å². The Morgan fingerprint density at radius 1 is 1.42 bits per heavy atom. The van der Waals surface area contributed by atoms with Crippen molar-refractivity contribution in [2.24, 2.45) is 11.7 Å². The van der Waals surface area contributed by atoms with E-state index in [1.807, 2.05) is 13.8 Å². The van der Waals surface area contributed by atoms with Crippen molar-refractivity contribution in [3.63, 3.8) is 0 Å². The second-order valence-corrected chi connectivity index (χ2v) is 5.58. The minimum absolute atomic E-state index is 0.121. The van der Waals surface area contributed by atoms with E-state index >= 15 is 0 Å². The van der Waals surface area contributed by atoms with Gasteiger partial charge < -0.3 is 15.8 Å². The first-order chi connectivity index (χ1) is 9.11. The smallest absolute Gasteiger partial charge is 0.234 e. The summed E-state index contributed by atoms with van der Waals surface area (Å²) in [4.78, 5) is 14.0. The van der Waals surface area contributed by atoms with Crippen LogP contribution in [0.25, 0.3) is 0 Å². The molecule has 5 nitrogen and oxygen atoms in total. The first-order valence-electron chi connectivity index (χ1n) is 7.42. The highest BCUT2D eigenvalue weighted by Crippen LogP contribution is 2.14. The second kappa shape index (κ2) is 9.28. The molecule has 1 saturated heterocycles. The summed E-state index contributed by atoms with van der Waals surface area (Å²) < 4.78 is 5.42. The van der Waals surface area contributed by atoms with Crippen molar-refractivity contribution in [1.82, 2.24) is 10.2 Å². The molecule has 112 valence electrons. The van der Waals surface area contributed by atoms with Crippen LogP contribution in [0, 0.1) is 5.92 Å². The molecule has 0 bridgehead atoms. The van der Waals surface area contributed by atoms with Crippen molar-refractivity contribution < 1.29 is 9.53 Å². The maximum atomic E-state index is 11.7. The highest BCUT2D eigenvalue weighted by molar-refractivity contribution is 5.77. The lowest BCUT2D eigenvalue weighted by molar-refractivity contribution is -0.122. The van der Waals surface area contributed by atoms with Gasteiger partial charge in [-0.05, 0) is 58.7 Å². The second-order valence-electron chi connectivity index (χ2n) is 5.58. The summed E-state index contributed by atoms with van der Waals surface area (Å²) in [7, 11) is 0. The number of piperidine rings is 1. The fraction of sp³-hybridized carbons (Fsp3) is 0.929. The van der Waals surface area contributed by atoms with Crippen molar-refractivity contribution in [1.29, 1.82) is 0 Å². The Kier molecular flexibility index (Phi) is 8.02. The van der Waals surface area contributed by atoms with E-state index in [1.165, 1.54) is 0 Å². The van der Waals surface area contributed by atoms with Gasteiger partial charge in [0.1, 0.15) is 0 Å². The zero-order chi connectivity index (χ0) is 14.1. The number of nitrogens with one attached hydrogen (secondary N) is 1. The number of ether oxygens (including phenoxy) is 1. The summed E-state index contributed by atoms with van der Waals surface area (Å²) >= 11 is 0. The molecule has 0 aromatic rings. The normalized spacial score (nSPS) is 17.9. The molecule has 5 heteroatoms. The maximum Gasteiger partial charge on any atom is 0.234 e. The highest BCUT2D eigenvalue weighted by Gasteiger charge is 2.19. The molecule has 0 aromatic carbocycles. The Labute approximate surface area is 116 Å². The molecule has 0 spiro atoms. The van der Waals surface area contributed by atoms with Gasteiger partial charge in [0.2, 0.25) is 5.91 Å². The lowest BCUT2D eigenvalue weighted by Crippen LogP contribution is -2.42. The van der Waals surface area contributed by atoms with Crippen LogP contribution in [-0.4, -0.2) is 56.2 Å². The van der Waals surface area contributed by atoms with Crippen LogP contribution >= 0.6 is 0 Å². The minimum atomic E-state index is 0.121. The van der Waals surface area contributed by atoms with Crippen LogP contribution in [0.4, 0.5) is 0 Å². The average molecular weight is 271 g/mol. The lowest BCUT2D eigenvalue weighted by atomic mass is 9.97. The molecular formula is C14H29N3O2. The Morgan fingerprint density at radius 2 is 2.11 bits per heavy atom. The number of carbonyl (C=O) groups excluding carboxylic acids is 1. The van der Waals surface area contributed by atoms with E-state index in [2.05, 4.69) is 10.2 Å². The molecule has 1 heterocycles. The Hall–Kier alpha value is -0.650. The number of nitrogens with zero attached hydrogens (tertiary/aromatic N) is 1. The van der Waals surface area contributed by atoms with Gasteiger partial charge in [-0.25, -0.2) is 0 Å². The van der Waals surface area contributed by atoms with E-state index in [-0.39, 0.29) is 12.0 Å². The molecule has 0 saturated carbocycles. The van der Waals surface area contributed by atoms with Crippen LogP contribution in [0.1, 0.15) is 33.1 Å². The summed E-state index contributed by atoms with van der Waals surface area (Å²) in [6.07, 6.45) is 3.37. The molecule has 0 radical (unpaired) electrons. The van der Waals surface area contributed by atoms with Gasteiger partial charge in [0.15, 0.2) is 0 Å². The standard InChI is InChI=1S/C14H29N3O2/c1-12(2)19-9-3-6-16-14(18)11-17-7-4-13(10-15)5-8-17/h12-13H,3-11,15H2,1-2H3,(H,16,18). The minimum Gasteiger partial charge on any atom is -0.379 e. The molecule has 1 rings (SSSR count). The monoisotopic (exact) mass is 271 g/mol. The molecular weight excluding hydrogens is 242 g/mol. The van der Waals surface area contributed by atoms with Gasteiger partial charge in [0.25, 0.3) is 0 Å². The molecule has 1 aliphatic heterocycles. The number of rotatable bonds is 8. The zero-order valence-corrected chi connectivity index (χ0v) is 12.4. The van der Waals surface area contributed by atoms with Crippen LogP contribution in [0.15, 0.2) is 0 Å². The van der Waals surface area contributed by atoms with E-state index in [0.29, 0.717) is 25.6 Å². The van der Waals surface area contributed by atoms with Gasteiger partial charge in [-0.3, -0.25) is 9.69 Å². The Bertz CT molecular complexity index is 251. The van der Waals surface area contributed by atoms with Crippen molar-refractivity contribution in [2.75, 3.05) is 39.3 Å². The number of hydrogen-bond acceptors (Lipinski definition) is 4. The van der Waals surface area contributed by atoms with E-state index in [9.17, 15) is 4.79 Å². The fourth-order valence-electron chi connectivity index (χ4n) is 2.26. The zero-order valence-electron chi connectivity index (χ0n) is 12.4. The van der Waals surface area contributed by atoms with Crippen molar-refractivity contribution in [2.45, 2.75) is 39.2 Å². The molecule has 0 aromatic heterocycles. The van der Waals surface area contributed by atoms with Gasteiger partial charge in [0.05, 0.1) is 12.6 Å². The van der Waals surface area contributed by atoms with Crippen LogP contribution in [-0.2, 0) is 9.53 Å². The van der Waals surface area contributed by atoms with Crippen molar-refractivity contribution >= 4 is 5.91 Å². The predicted molar refractivity (Wildman–Crippen MR) is 76.9 cm³/mol. The third-order valence-corrected chi connectivity index (χ3v) is 3.50. The van der Waals surface area contributed by atoms with E-state index in [1.54, 1.807) is 0 Å². The lowest BCUT2D eigenvalue weighted by Gasteiger charge is -2.30. The fourth-order valence-corrected chi connectivity index (χ4v) is 2.26. The predicted octanol–water partition coefficient (Wildman–Crippen LogP) is 0.588. The Morgan fingerprint density at radius 3 is 2.68 bits per heavy atom. The van der Waals surface area contributed by atoms with Crippen molar-refractivity contribution in [3.05, 3.63) is 0 Å². The molecule has 0 aliphatic carbocycles. The summed E-state index contributed by atoms with van der Waals surface area (Å²) in [5.74, 6) is 0.767. The molecule has 0 atom stereocenters. The average Bonchev–Trinajstić information content (AvgIpc) is 2.39. The first-order valence-corrected chi connectivity index (χ1v) is 7.42. The van der Waals surface area contributed by atoms with Gasteiger partial charge in [-0.15, -0.1) is 0 Å². The third-order valence-electron chi connectivity index (χ3n) is 3.50. The van der Waals surface area contributed by atoms with E-state index in [0.717, 1.165) is 38.9 Å². The van der Waals surface area contributed by atoms with Gasteiger partial charge in [-0.1, -0.05) is 0 Å². The third kappa shape index (κ3) is 7.50. The summed E-state index contributed by atoms with van der Waals surface area (Å²) in [5.41, 5.74) is 5.66. The maximum absolute atomic E-state index is 11.7. The number of carbonyl (C=O) groups is 1. The van der Waals surface area contributed by atoms with Crippen LogP contribution in [0.2, 0.25) is 0 Å². The number of amides is 1. The van der Waals surface area contributed by atoms with Crippen molar-refractivity contribution in [3.8, 4) is 0 Å². The van der Waals surface area contributed by atoms with Gasteiger partial charge in [0, 0.05) is 13.2 Å². The van der Waals surface area contributed by atoms with Crippen LogP contribution in [0.3, 0.4) is 0 Å².